The van der Waals surface area contributed by atoms with Crippen LogP contribution in [0.5, 0.6) is 0 Å². The molecule has 6 heteroatoms. The minimum Gasteiger partial charge on any atom is -0.317 e. The topological polar surface area (TPSA) is 58.2 Å². The third-order valence-corrected chi connectivity index (χ3v) is 5.76. The SMILES string of the molecule is Cc1cc(Br)cc(C)c1NS(=O)(=O)C1CCNCC1. The largest absolute Gasteiger partial charge is 0.317 e. The molecule has 0 aliphatic carbocycles. The second kappa shape index (κ2) is 5.81. The predicted molar refractivity (Wildman–Crippen MR) is 82.1 cm³/mol. The van der Waals surface area contributed by atoms with Gasteiger partial charge in [-0.2, -0.15) is 0 Å². The highest BCUT2D eigenvalue weighted by Crippen LogP contribution is 2.27. The zero-order valence-electron chi connectivity index (χ0n) is 11.2. The summed E-state index contributed by atoms with van der Waals surface area (Å²) in [7, 11) is -3.30. The van der Waals surface area contributed by atoms with E-state index in [9.17, 15) is 8.42 Å². The molecule has 0 amide bonds. The van der Waals surface area contributed by atoms with Gasteiger partial charge in [-0.15, -0.1) is 0 Å². The van der Waals surface area contributed by atoms with Crippen molar-refractivity contribution in [1.82, 2.24) is 5.32 Å². The molecular formula is C13H19BrN2O2S. The Bertz CT molecular complexity index is 543. The molecule has 0 bridgehead atoms. The summed E-state index contributed by atoms with van der Waals surface area (Å²) in [6, 6.07) is 3.85. The second-order valence-corrected chi connectivity index (χ2v) is 7.89. The molecule has 1 fully saturated rings. The van der Waals surface area contributed by atoms with Crippen LogP contribution in [0.1, 0.15) is 24.0 Å². The molecule has 1 aromatic carbocycles. The Morgan fingerprint density at radius 1 is 1.21 bits per heavy atom. The van der Waals surface area contributed by atoms with Crippen molar-refractivity contribution >= 4 is 31.6 Å². The summed E-state index contributed by atoms with van der Waals surface area (Å²) in [6.07, 6.45) is 1.34. The molecule has 1 aliphatic heterocycles. The summed E-state index contributed by atoms with van der Waals surface area (Å²) in [6.45, 7) is 5.36. The van der Waals surface area contributed by atoms with Crippen LogP contribution in [0, 0.1) is 13.8 Å². The first-order chi connectivity index (χ1) is 8.90. The van der Waals surface area contributed by atoms with E-state index in [1.807, 2.05) is 26.0 Å². The molecule has 1 aliphatic rings. The second-order valence-electron chi connectivity index (χ2n) is 5.01. The van der Waals surface area contributed by atoms with Crippen LogP contribution in [0.3, 0.4) is 0 Å². The highest BCUT2D eigenvalue weighted by molar-refractivity contribution is 9.10. The van der Waals surface area contributed by atoms with Gasteiger partial charge in [0.25, 0.3) is 0 Å². The van der Waals surface area contributed by atoms with Crippen LogP contribution < -0.4 is 10.0 Å². The summed E-state index contributed by atoms with van der Waals surface area (Å²) in [5.41, 5.74) is 2.58. The van der Waals surface area contributed by atoms with Crippen molar-refractivity contribution in [2.75, 3.05) is 17.8 Å². The van der Waals surface area contributed by atoms with E-state index in [1.54, 1.807) is 0 Å². The number of hydrogen-bond acceptors (Lipinski definition) is 3. The number of anilines is 1. The number of halogens is 1. The number of hydrogen-bond donors (Lipinski definition) is 2. The van der Waals surface area contributed by atoms with Gasteiger partial charge in [0.05, 0.1) is 10.9 Å². The molecule has 0 aromatic heterocycles. The van der Waals surface area contributed by atoms with Crippen LogP contribution >= 0.6 is 15.9 Å². The van der Waals surface area contributed by atoms with Crippen molar-refractivity contribution in [3.8, 4) is 0 Å². The summed E-state index contributed by atoms with van der Waals surface area (Å²) in [5, 5.41) is 2.89. The fourth-order valence-corrected chi connectivity index (χ4v) is 4.72. The van der Waals surface area contributed by atoms with Gasteiger partial charge in [-0.05, 0) is 63.0 Å². The number of benzene rings is 1. The van der Waals surface area contributed by atoms with Crippen LogP contribution in [-0.4, -0.2) is 26.8 Å². The van der Waals surface area contributed by atoms with E-state index in [4.69, 9.17) is 0 Å². The van der Waals surface area contributed by atoms with E-state index in [0.717, 1.165) is 28.7 Å². The molecule has 0 spiro atoms. The highest BCUT2D eigenvalue weighted by atomic mass is 79.9. The fraction of sp³-hybridized carbons (Fsp3) is 0.538. The molecule has 2 N–H and O–H groups in total. The lowest BCUT2D eigenvalue weighted by Crippen LogP contribution is -2.38. The van der Waals surface area contributed by atoms with Gasteiger partial charge in [-0.3, -0.25) is 4.72 Å². The van der Waals surface area contributed by atoms with Gasteiger partial charge in [0.15, 0.2) is 0 Å². The molecule has 2 rings (SSSR count). The average Bonchev–Trinajstić information content (AvgIpc) is 2.35. The maximum absolute atomic E-state index is 12.4. The van der Waals surface area contributed by atoms with Crippen LogP contribution in [0.25, 0.3) is 0 Å². The molecular weight excluding hydrogens is 328 g/mol. The van der Waals surface area contributed by atoms with E-state index in [2.05, 4.69) is 26.0 Å². The standard InChI is InChI=1S/C13H19BrN2O2S/c1-9-7-11(14)8-10(2)13(9)16-19(17,18)12-3-5-15-6-4-12/h7-8,12,15-16H,3-6H2,1-2H3. The van der Waals surface area contributed by atoms with Gasteiger partial charge in [0.2, 0.25) is 10.0 Å². The Balaban J connectivity index is 2.25. The van der Waals surface area contributed by atoms with Gasteiger partial charge in [-0.25, -0.2) is 8.42 Å². The van der Waals surface area contributed by atoms with Gasteiger partial charge in [0.1, 0.15) is 0 Å². The van der Waals surface area contributed by atoms with Crippen LogP contribution in [-0.2, 0) is 10.0 Å². The van der Waals surface area contributed by atoms with E-state index >= 15 is 0 Å². The third kappa shape index (κ3) is 3.49. The molecule has 0 radical (unpaired) electrons. The molecule has 1 aromatic rings. The number of sulfonamides is 1. The Labute approximate surface area is 123 Å². The van der Waals surface area contributed by atoms with E-state index in [0.29, 0.717) is 18.5 Å². The quantitative estimate of drug-likeness (QED) is 0.884. The van der Waals surface area contributed by atoms with Crippen LogP contribution in [0.2, 0.25) is 0 Å². The monoisotopic (exact) mass is 346 g/mol. The average molecular weight is 347 g/mol. The molecule has 19 heavy (non-hydrogen) atoms. The zero-order valence-corrected chi connectivity index (χ0v) is 13.6. The lowest BCUT2D eigenvalue weighted by molar-refractivity contribution is 0.499. The van der Waals surface area contributed by atoms with Crippen LogP contribution in [0.15, 0.2) is 16.6 Å². The highest BCUT2D eigenvalue weighted by Gasteiger charge is 2.27. The summed E-state index contributed by atoms with van der Waals surface area (Å²) >= 11 is 3.42. The molecule has 4 nitrogen and oxygen atoms in total. The fourth-order valence-electron chi connectivity index (χ4n) is 2.40. The van der Waals surface area contributed by atoms with Crippen molar-refractivity contribution in [3.63, 3.8) is 0 Å². The number of nitrogens with one attached hydrogen (secondary N) is 2. The predicted octanol–water partition coefficient (Wildman–Crippen LogP) is 2.56. The van der Waals surface area contributed by atoms with Gasteiger partial charge >= 0.3 is 0 Å². The number of piperidine rings is 1. The smallest absolute Gasteiger partial charge is 0.235 e. The van der Waals surface area contributed by atoms with Crippen molar-refractivity contribution in [1.29, 1.82) is 0 Å². The molecule has 0 atom stereocenters. The van der Waals surface area contributed by atoms with Crippen molar-refractivity contribution < 1.29 is 8.42 Å². The lowest BCUT2D eigenvalue weighted by atomic mass is 10.1. The lowest BCUT2D eigenvalue weighted by Gasteiger charge is -2.24. The summed E-state index contributed by atoms with van der Waals surface area (Å²) in [5.74, 6) is 0. The van der Waals surface area contributed by atoms with Gasteiger partial charge in [0, 0.05) is 4.47 Å². The van der Waals surface area contributed by atoms with Gasteiger partial charge < -0.3 is 5.32 Å². The first-order valence-electron chi connectivity index (χ1n) is 6.39. The van der Waals surface area contributed by atoms with Crippen LogP contribution in [0.4, 0.5) is 5.69 Å². The third-order valence-electron chi connectivity index (χ3n) is 3.47. The zero-order chi connectivity index (χ0) is 14.0. The summed E-state index contributed by atoms with van der Waals surface area (Å²) < 4.78 is 28.5. The summed E-state index contributed by atoms with van der Waals surface area (Å²) in [4.78, 5) is 0. The molecule has 1 saturated heterocycles. The Hall–Kier alpha value is -0.590. The Morgan fingerprint density at radius 2 is 1.74 bits per heavy atom. The molecule has 0 unspecified atom stereocenters. The maximum Gasteiger partial charge on any atom is 0.235 e. The van der Waals surface area contributed by atoms with E-state index < -0.39 is 10.0 Å². The van der Waals surface area contributed by atoms with Crippen molar-refractivity contribution in [2.24, 2.45) is 0 Å². The first-order valence-corrected chi connectivity index (χ1v) is 8.73. The normalized spacial score (nSPS) is 17.4. The minimum atomic E-state index is -3.30. The molecule has 106 valence electrons. The number of aryl methyl sites for hydroxylation is 2. The molecule has 0 saturated carbocycles. The van der Waals surface area contributed by atoms with E-state index in [1.165, 1.54) is 0 Å². The van der Waals surface area contributed by atoms with Crippen molar-refractivity contribution in [2.45, 2.75) is 31.9 Å². The van der Waals surface area contributed by atoms with Gasteiger partial charge in [-0.1, -0.05) is 15.9 Å². The first kappa shape index (κ1) is 14.8. The molecule has 1 heterocycles. The Morgan fingerprint density at radius 3 is 2.26 bits per heavy atom. The van der Waals surface area contributed by atoms with Crippen molar-refractivity contribution in [3.05, 3.63) is 27.7 Å². The van der Waals surface area contributed by atoms with E-state index in [-0.39, 0.29) is 5.25 Å². The number of rotatable bonds is 3. The maximum atomic E-state index is 12.4. The minimum absolute atomic E-state index is 0.295. The Kier molecular flexibility index (Phi) is 4.53.